The molecule has 2 atom stereocenters. The van der Waals surface area contributed by atoms with E-state index in [1.165, 1.54) is 6.20 Å². The number of carboxylic acid groups (broad SMARTS) is 1. The predicted molar refractivity (Wildman–Crippen MR) is 120 cm³/mol. The molecule has 0 bridgehead atoms. The fourth-order valence-corrected chi connectivity index (χ4v) is 4.11. The van der Waals surface area contributed by atoms with E-state index in [2.05, 4.69) is 15.3 Å². The van der Waals surface area contributed by atoms with Crippen molar-refractivity contribution in [3.05, 3.63) is 51.4 Å². The Morgan fingerprint density at radius 3 is 2.81 bits per heavy atom. The summed E-state index contributed by atoms with van der Waals surface area (Å²) in [6.07, 6.45) is 1.39. The molecular formula is C22H23ClN4O5. The Bertz CT molecular complexity index is 1240. The summed E-state index contributed by atoms with van der Waals surface area (Å²) in [6, 6.07) is 5.76. The standard InChI is InChI=1S/C22H23ClN4O5/c1-11(2)27-16-7-12(3-4-13(16)18(28)8-17(27)21(30)31)20-14(23)9-24-22(26-20)25-15-5-6-32-10-19(15)29/h3-4,7-9,11,15,19,29H,5-6,10H2,1-2H3,(H,30,31)(H,24,25,26)/t15-,19-/m1/s1. The number of nitrogens with zero attached hydrogens (tertiary/aromatic N) is 3. The smallest absolute Gasteiger partial charge is 0.352 e. The zero-order valence-electron chi connectivity index (χ0n) is 17.6. The summed E-state index contributed by atoms with van der Waals surface area (Å²) >= 11 is 6.38. The molecule has 3 N–H and O–H groups in total. The Morgan fingerprint density at radius 2 is 2.12 bits per heavy atom. The summed E-state index contributed by atoms with van der Waals surface area (Å²) < 4.78 is 6.85. The molecule has 1 aromatic carbocycles. The number of nitrogens with one attached hydrogen (secondary N) is 1. The van der Waals surface area contributed by atoms with Gasteiger partial charge in [-0.05, 0) is 32.4 Å². The van der Waals surface area contributed by atoms with Crippen LogP contribution in [0.2, 0.25) is 5.02 Å². The molecule has 4 rings (SSSR count). The number of anilines is 1. The quantitative estimate of drug-likeness (QED) is 0.532. The highest BCUT2D eigenvalue weighted by molar-refractivity contribution is 6.33. The maximum Gasteiger partial charge on any atom is 0.352 e. The molecule has 3 heterocycles. The molecular weight excluding hydrogens is 436 g/mol. The molecule has 9 nitrogen and oxygen atoms in total. The van der Waals surface area contributed by atoms with Crippen LogP contribution in [-0.4, -0.2) is 56.1 Å². The van der Waals surface area contributed by atoms with E-state index in [9.17, 15) is 19.8 Å². The Labute approximate surface area is 188 Å². The van der Waals surface area contributed by atoms with Crippen LogP contribution in [-0.2, 0) is 4.74 Å². The molecule has 10 heteroatoms. The van der Waals surface area contributed by atoms with E-state index in [0.717, 1.165) is 6.07 Å². The molecule has 32 heavy (non-hydrogen) atoms. The van der Waals surface area contributed by atoms with Crippen LogP contribution in [0.1, 0.15) is 36.8 Å². The number of aromatic carboxylic acids is 1. The second-order valence-electron chi connectivity index (χ2n) is 7.97. The molecule has 0 unspecified atom stereocenters. The summed E-state index contributed by atoms with van der Waals surface area (Å²) in [5, 5.41) is 23.6. The molecule has 0 aliphatic carbocycles. The third-order valence-electron chi connectivity index (χ3n) is 5.44. The first-order valence-corrected chi connectivity index (χ1v) is 10.6. The number of aliphatic hydroxyl groups excluding tert-OH is 1. The SMILES string of the molecule is CC(C)n1c(C(=O)O)cc(=O)c2ccc(-c3nc(N[C@@H]4CCOC[C@H]4O)ncc3Cl)cc21. The van der Waals surface area contributed by atoms with Crippen molar-refractivity contribution in [2.24, 2.45) is 0 Å². The number of halogens is 1. The Hall–Kier alpha value is -3.01. The first-order valence-electron chi connectivity index (χ1n) is 10.2. The molecule has 0 saturated carbocycles. The number of pyridine rings is 1. The van der Waals surface area contributed by atoms with Crippen LogP contribution in [0.25, 0.3) is 22.2 Å². The van der Waals surface area contributed by atoms with E-state index in [1.807, 2.05) is 13.8 Å². The maximum atomic E-state index is 12.5. The van der Waals surface area contributed by atoms with E-state index in [0.29, 0.717) is 46.2 Å². The summed E-state index contributed by atoms with van der Waals surface area (Å²) in [4.78, 5) is 33.0. The monoisotopic (exact) mass is 458 g/mol. The van der Waals surface area contributed by atoms with Crippen molar-refractivity contribution in [3.8, 4) is 11.3 Å². The Kier molecular flexibility index (Phi) is 6.14. The van der Waals surface area contributed by atoms with Gasteiger partial charge in [0.25, 0.3) is 0 Å². The number of fused-ring (bicyclic) bond motifs is 1. The minimum absolute atomic E-state index is 0.0840. The molecule has 3 aromatic rings. The van der Waals surface area contributed by atoms with E-state index < -0.39 is 12.1 Å². The fraction of sp³-hybridized carbons (Fsp3) is 0.364. The number of carboxylic acids is 1. The molecule has 168 valence electrons. The predicted octanol–water partition coefficient (Wildman–Crippen LogP) is 2.95. The number of hydrogen-bond donors (Lipinski definition) is 3. The van der Waals surface area contributed by atoms with E-state index in [-0.39, 0.29) is 29.8 Å². The normalized spacial score (nSPS) is 18.8. The largest absolute Gasteiger partial charge is 0.477 e. The first kappa shape index (κ1) is 22.2. The molecule has 1 fully saturated rings. The second kappa shape index (κ2) is 8.85. The van der Waals surface area contributed by atoms with Crippen molar-refractivity contribution in [1.82, 2.24) is 14.5 Å². The molecule has 0 amide bonds. The van der Waals surface area contributed by atoms with E-state index in [4.69, 9.17) is 16.3 Å². The summed E-state index contributed by atoms with van der Waals surface area (Å²) in [5.74, 6) is -0.874. The van der Waals surface area contributed by atoms with E-state index in [1.54, 1.807) is 22.8 Å². The summed E-state index contributed by atoms with van der Waals surface area (Å²) in [5.41, 5.74) is 1.06. The first-order chi connectivity index (χ1) is 15.3. The van der Waals surface area contributed by atoms with Gasteiger partial charge in [0.15, 0.2) is 5.43 Å². The second-order valence-corrected chi connectivity index (χ2v) is 8.37. The Balaban J connectivity index is 1.82. The third kappa shape index (κ3) is 4.19. The Morgan fingerprint density at radius 1 is 1.34 bits per heavy atom. The zero-order chi connectivity index (χ0) is 23.0. The van der Waals surface area contributed by atoms with Gasteiger partial charge in [-0.2, -0.15) is 0 Å². The number of carbonyl (C=O) groups is 1. The number of benzene rings is 1. The molecule has 0 spiro atoms. The fourth-order valence-electron chi connectivity index (χ4n) is 3.91. The van der Waals surface area contributed by atoms with Gasteiger partial charge in [-0.1, -0.05) is 17.7 Å². The van der Waals surface area contributed by atoms with Gasteiger partial charge in [0.2, 0.25) is 5.95 Å². The lowest BCUT2D eigenvalue weighted by atomic mass is 10.1. The lowest BCUT2D eigenvalue weighted by Gasteiger charge is -2.28. The van der Waals surface area contributed by atoms with Crippen LogP contribution < -0.4 is 10.7 Å². The van der Waals surface area contributed by atoms with Gasteiger partial charge in [0, 0.05) is 29.7 Å². The minimum atomic E-state index is -1.18. The lowest BCUT2D eigenvalue weighted by molar-refractivity contribution is -0.0136. The van der Waals surface area contributed by atoms with Crippen molar-refractivity contribution in [2.45, 2.75) is 38.5 Å². The molecule has 2 aromatic heterocycles. The van der Waals surface area contributed by atoms with Crippen molar-refractivity contribution in [1.29, 1.82) is 0 Å². The summed E-state index contributed by atoms with van der Waals surface area (Å²) in [6.45, 7) is 4.46. The summed E-state index contributed by atoms with van der Waals surface area (Å²) in [7, 11) is 0. The molecule has 1 aliphatic heterocycles. The van der Waals surface area contributed by atoms with Crippen molar-refractivity contribution in [3.63, 3.8) is 0 Å². The van der Waals surface area contributed by atoms with E-state index >= 15 is 0 Å². The van der Waals surface area contributed by atoms with Crippen LogP contribution in [0.15, 0.2) is 35.3 Å². The van der Waals surface area contributed by atoms with Gasteiger partial charge < -0.3 is 24.8 Å². The van der Waals surface area contributed by atoms with Crippen LogP contribution >= 0.6 is 11.6 Å². The van der Waals surface area contributed by atoms with Crippen molar-refractivity contribution >= 4 is 34.4 Å². The zero-order valence-corrected chi connectivity index (χ0v) is 18.3. The van der Waals surface area contributed by atoms with Crippen molar-refractivity contribution in [2.75, 3.05) is 18.5 Å². The highest BCUT2D eigenvalue weighted by Crippen LogP contribution is 2.30. The van der Waals surface area contributed by atoms with Crippen LogP contribution in [0.3, 0.4) is 0 Å². The van der Waals surface area contributed by atoms with Gasteiger partial charge in [0.05, 0.1) is 41.2 Å². The maximum absolute atomic E-state index is 12.5. The van der Waals surface area contributed by atoms with Crippen LogP contribution in [0, 0.1) is 0 Å². The average Bonchev–Trinajstić information content (AvgIpc) is 2.75. The van der Waals surface area contributed by atoms with Gasteiger partial charge >= 0.3 is 5.97 Å². The lowest BCUT2D eigenvalue weighted by Crippen LogP contribution is -2.42. The number of aromatic nitrogens is 3. The number of aliphatic hydroxyl groups is 1. The highest BCUT2D eigenvalue weighted by atomic mass is 35.5. The number of ether oxygens (including phenoxy) is 1. The highest BCUT2D eigenvalue weighted by Gasteiger charge is 2.25. The van der Waals surface area contributed by atoms with Crippen LogP contribution in [0.5, 0.6) is 0 Å². The number of hydrogen-bond acceptors (Lipinski definition) is 7. The van der Waals surface area contributed by atoms with Gasteiger partial charge in [0.1, 0.15) is 5.69 Å². The molecule has 0 radical (unpaired) electrons. The van der Waals surface area contributed by atoms with Crippen molar-refractivity contribution < 1.29 is 19.7 Å². The van der Waals surface area contributed by atoms with Gasteiger partial charge in [-0.15, -0.1) is 0 Å². The minimum Gasteiger partial charge on any atom is -0.477 e. The number of rotatable bonds is 5. The average molecular weight is 459 g/mol. The molecule has 1 saturated heterocycles. The molecule has 1 aliphatic rings. The van der Waals surface area contributed by atoms with Gasteiger partial charge in [-0.3, -0.25) is 4.79 Å². The third-order valence-corrected chi connectivity index (χ3v) is 5.72. The van der Waals surface area contributed by atoms with Gasteiger partial charge in [-0.25, -0.2) is 14.8 Å². The van der Waals surface area contributed by atoms with Crippen LogP contribution in [0.4, 0.5) is 5.95 Å². The topological polar surface area (TPSA) is 127 Å².